The summed E-state index contributed by atoms with van der Waals surface area (Å²) in [5.41, 5.74) is 6.24. The van der Waals surface area contributed by atoms with Gasteiger partial charge in [-0.15, -0.1) is 0 Å². The number of likely N-dealkylation sites (N-methyl/N-ethyl adjacent to an activating group) is 1. The fourth-order valence-corrected chi connectivity index (χ4v) is 2.18. The summed E-state index contributed by atoms with van der Waals surface area (Å²) in [6.07, 6.45) is 4.30. The van der Waals surface area contributed by atoms with Gasteiger partial charge < -0.3 is 10.2 Å². The molecule has 0 bridgehead atoms. The first-order valence-corrected chi connectivity index (χ1v) is 5.58. The Morgan fingerprint density at radius 3 is 2.87 bits per heavy atom. The Bertz CT molecular complexity index is 301. The van der Waals surface area contributed by atoms with Gasteiger partial charge in [0.05, 0.1) is 12.8 Å². The number of rotatable bonds is 5. The highest BCUT2D eigenvalue weighted by atomic mass is 16.3. The highest BCUT2D eigenvalue weighted by molar-refractivity contribution is 5.00. The van der Waals surface area contributed by atoms with Crippen LogP contribution in [0.25, 0.3) is 0 Å². The van der Waals surface area contributed by atoms with Gasteiger partial charge in [-0.25, -0.2) is 0 Å². The van der Waals surface area contributed by atoms with Gasteiger partial charge in [-0.2, -0.15) is 0 Å². The molecule has 0 spiro atoms. The van der Waals surface area contributed by atoms with E-state index < -0.39 is 0 Å². The molecule has 0 amide bonds. The molecule has 1 atom stereocenters. The molecule has 1 aliphatic rings. The van der Waals surface area contributed by atoms with Gasteiger partial charge >= 0.3 is 0 Å². The van der Waals surface area contributed by atoms with Gasteiger partial charge in [0.25, 0.3) is 0 Å². The molecule has 15 heavy (non-hydrogen) atoms. The van der Waals surface area contributed by atoms with Gasteiger partial charge in [0.1, 0.15) is 5.76 Å². The van der Waals surface area contributed by atoms with E-state index >= 15 is 0 Å². The molecule has 84 valence electrons. The van der Waals surface area contributed by atoms with Crippen molar-refractivity contribution in [2.45, 2.75) is 31.8 Å². The number of hydrogen-bond donors (Lipinski definition) is 1. The first kappa shape index (κ1) is 10.7. The third-order valence-electron chi connectivity index (χ3n) is 3.13. The summed E-state index contributed by atoms with van der Waals surface area (Å²) in [5.74, 6) is 1.72. The Morgan fingerprint density at radius 2 is 2.33 bits per heavy atom. The van der Waals surface area contributed by atoms with E-state index in [2.05, 4.69) is 18.9 Å². The molecule has 3 nitrogen and oxygen atoms in total. The van der Waals surface area contributed by atoms with Crippen LogP contribution >= 0.6 is 0 Å². The lowest BCUT2D eigenvalue weighted by molar-refractivity contribution is 0.219. The maximum absolute atomic E-state index is 6.28. The fourth-order valence-electron chi connectivity index (χ4n) is 2.18. The summed E-state index contributed by atoms with van der Waals surface area (Å²) in [4.78, 5) is 2.23. The monoisotopic (exact) mass is 208 g/mol. The van der Waals surface area contributed by atoms with Gasteiger partial charge in [-0.05, 0) is 44.9 Å². The fraction of sp³-hybridized carbons (Fsp3) is 0.667. The summed E-state index contributed by atoms with van der Waals surface area (Å²) in [7, 11) is 2.09. The van der Waals surface area contributed by atoms with Crippen LogP contribution in [0.15, 0.2) is 22.8 Å². The van der Waals surface area contributed by atoms with Gasteiger partial charge in [-0.3, -0.25) is 4.90 Å². The van der Waals surface area contributed by atoms with Gasteiger partial charge in [0.2, 0.25) is 0 Å². The molecule has 0 saturated heterocycles. The molecular weight excluding hydrogens is 188 g/mol. The maximum Gasteiger partial charge on any atom is 0.117 e. The van der Waals surface area contributed by atoms with Crippen molar-refractivity contribution < 1.29 is 4.42 Å². The highest BCUT2D eigenvalue weighted by Crippen LogP contribution is 2.38. The van der Waals surface area contributed by atoms with Crippen LogP contribution in [-0.4, -0.2) is 24.0 Å². The molecule has 1 fully saturated rings. The summed E-state index contributed by atoms with van der Waals surface area (Å²) in [5, 5.41) is 0. The van der Waals surface area contributed by atoms with E-state index in [0.29, 0.717) is 0 Å². The number of nitrogens with zero attached hydrogens (tertiary/aromatic N) is 1. The molecule has 1 aromatic rings. The predicted octanol–water partition coefficient (Wildman–Crippen LogP) is 1.84. The van der Waals surface area contributed by atoms with Crippen molar-refractivity contribution in [3.8, 4) is 0 Å². The third-order valence-corrected chi connectivity index (χ3v) is 3.13. The smallest absolute Gasteiger partial charge is 0.117 e. The van der Waals surface area contributed by atoms with Gasteiger partial charge in [-0.1, -0.05) is 0 Å². The van der Waals surface area contributed by atoms with Crippen LogP contribution < -0.4 is 5.73 Å². The van der Waals surface area contributed by atoms with Gasteiger partial charge in [0, 0.05) is 12.1 Å². The number of furan rings is 1. The quantitative estimate of drug-likeness (QED) is 0.803. The molecule has 2 N–H and O–H groups in total. The zero-order valence-electron chi connectivity index (χ0n) is 9.57. The van der Waals surface area contributed by atoms with E-state index in [9.17, 15) is 0 Å². The van der Waals surface area contributed by atoms with Gasteiger partial charge in [0.15, 0.2) is 0 Å². The van der Waals surface area contributed by atoms with Crippen molar-refractivity contribution in [3.05, 3.63) is 24.2 Å². The second kappa shape index (κ2) is 3.99. The Hall–Kier alpha value is -0.800. The minimum atomic E-state index is -0.0403. The van der Waals surface area contributed by atoms with Crippen LogP contribution in [0.3, 0.4) is 0 Å². The highest BCUT2D eigenvalue weighted by Gasteiger charge is 2.38. The molecule has 1 aliphatic carbocycles. The summed E-state index contributed by atoms with van der Waals surface area (Å²) in [6, 6.07) is 3.92. The first-order valence-electron chi connectivity index (χ1n) is 5.58. The first-order chi connectivity index (χ1) is 7.08. The lowest BCUT2D eigenvalue weighted by atomic mass is 9.97. The van der Waals surface area contributed by atoms with E-state index in [-0.39, 0.29) is 5.54 Å². The normalized spacial score (nSPS) is 20.5. The van der Waals surface area contributed by atoms with E-state index in [1.807, 2.05) is 12.1 Å². The minimum absolute atomic E-state index is 0.0403. The van der Waals surface area contributed by atoms with E-state index in [1.165, 1.54) is 12.8 Å². The SMILES string of the molecule is CN(Cc1ccco1)CC(C)(N)C1CC1. The molecule has 3 heteroatoms. The average Bonchev–Trinajstić information content (AvgIpc) is 2.88. The molecular formula is C12H20N2O. The molecule has 1 saturated carbocycles. The maximum atomic E-state index is 6.28. The van der Waals surface area contributed by atoms with E-state index in [4.69, 9.17) is 10.2 Å². The van der Waals surface area contributed by atoms with E-state index in [0.717, 1.165) is 24.8 Å². The second-order valence-electron chi connectivity index (χ2n) is 5.03. The lowest BCUT2D eigenvalue weighted by Gasteiger charge is -2.29. The summed E-state index contributed by atoms with van der Waals surface area (Å²) >= 11 is 0. The van der Waals surface area contributed by atoms with Crippen molar-refractivity contribution in [2.24, 2.45) is 11.7 Å². The van der Waals surface area contributed by atoms with Crippen molar-refractivity contribution in [2.75, 3.05) is 13.6 Å². The van der Waals surface area contributed by atoms with Crippen molar-refractivity contribution >= 4 is 0 Å². The zero-order valence-corrected chi connectivity index (χ0v) is 9.57. The van der Waals surface area contributed by atoms with E-state index in [1.54, 1.807) is 6.26 Å². The van der Waals surface area contributed by atoms with Crippen molar-refractivity contribution in [1.82, 2.24) is 4.90 Å². The molecule has 1 aromatic heterocycles. The summed E-state index contributed by atoms with van der Waals surface area (Å²) < 4.78 is 5.31. The van der Waals surface area contributed by atoms with Crippen molar-refractivity contribution in [1.29, 1.82) is 0 Å². The zero-order chi connectivity index (χ0) is 10.9. The van der Waals surface area contributed by atoms with Crippen LogP contribution in [0.4, 0.5) is 0 Å². The standard InChI is InChI=1S/C12H20N2O/c1-12(13,10-5-6-10)9-14(2)8-11-4-3-7-15-11/h3-4,7,10H,5-6,8-9,13H2,1-2H3. The van der Waals surface area contributed by atoms with Crippen LogP contribution in [0, 0.1) is 5.92 Å². The Balaban J connectivity index is 1.83. The van der Waals surface area contributed by atoms with Crippen LogP contribution in [0.2, 0.25) is 0 Å². The third kappa shape index (κ3) is 2.83. The van der Waals surface area contributed by atoms with Crippen LogP contribution in [-0.2, 0) is 6.54 Å². The number of hydrogen-bond acceptors (Lipinski definition) is 3. The molecule has 0 radical (unpaired) electrons. The second-order valence-corrected chi connectivity index (χ2v) is 5.03. The molecule has 1 unspecified atom stereocenters. The Labute approximate surface area is 91.2 Å². The number of nitrogens with two attached hydrogens (primary N) is 1. The summed E-state index contributed by atoms with van der Waals surface area (Å²) in [6.45, 7) is 3.92. The van der Waals surface area contributed by atoms with Crippen LogP contribution in [0.5, 0.6) is 0 Å². The van der Waals surface area contributed by atoms with Crippen molar-refractivity contribution in [3.63, 3.8) is 0 Å². The lowest BCUT2D eigenvalue weighted by Crippen LogP contribution is -2.48. The van der Waals surface area contributed by atoms with Crippen LogP contribution in [0.1, 0.15) is 25.5 Å². The minimum Gasteiger partial charge on any atom is -0.468 e. The molecule has 1 heterocycles. The Morgan fingerprint density at radius 1 is 1.60 bits per heavy atom. The Kier molecular flexibility index (Phi) is 2.85. The predicted molar refractivity (Wildman–Crippen MR) is 60.4 cm³/mol. The molecule has 2 rings (SSSR count). The average molecular weight is 208 g/mol. The topological polar surface area (TPSA) is 42.4 Å². The largest absolute Gasteiger partial charge is 0.468 e. The molecule has 0 aliphatic heterocycles. The molecule has 0 aromatic carbocycles.